The minimum Gasteiger partial charge on any atom is -0.435 e. The van der Waals surface area contributed by atoms with E-state index in [1.807, 2.05) is 24.3 Å². The third-order valence-electron chi connectivity index (χ3n) is 3.38. The van der Waals surface area contributed by atoms with E-state index >= 15 is 0 Å². The number of para-hydroxylation sites is 1. The minimum atomic E-state index is -2.90. The Morgan fingerprint density at radius 3 is 2.67 bits per heavy atom. The van der Waals surface area contributed by atoms with Gasteiger partial charge in [0.15, 0.2) is 0 Å². The molecule has 2 amide bonds. The van der Waals surface area contributed by atoms with Gasteiger partial charge in [-0.05, 0) is 36.6 Å². The highest BCUT2D eigenvalue weighted by molar-refractivity contribution is 6.00. The van der Waals surface area contributed by atoms with Crippen LogP contribution in [0.15, 0.2) is 48.5 Å². The number of anilines is 2. The number of benzene rings is 2. The number of carbonyl (C=O) groups is 1. The fourth-order valence-corrected chi connectivity index (χ4v) is 2.26. The molecule has 0 bridgehead atoms. The fourth-order valence-electron chi connectivity index (χ4n) is 2.26. The second kappa shape index (κ2) is 8.86. The first kappa shape index (κ1) is 17.7. The molecular formula is C18H20F2N2O2. The molecule has 128 valence electrons. The summed E-state index contributed by atoms with van der Waals surface area (Å²) in [6.07, 6.45) is 2.98. The van der Waals surface area contributed by atoms with Crippen LogP contribution in [0.1, 0.15) is 25.3 Å². The molecule has 24 heavy (non-hydrogen) atoms. The average molecular weight is 334 g/mol. The van der Waals surface area contributed by atoms with Crippen molar-refractivity contribution in [2.24, 2.45) is 0 Å². The van der Waals surface area contributed by atoms with Crippen LogP contribution in [-0.2, 0) is 6.42 Å². The molecule has 0 saturated carbocycles. The van der Waals surface area contributed by atoms with E-state index in [4.69, 9.17) is 0 Å². The lowest BCUT2D eigenvalue weighted by molar-refractivity contribution is -0.0497. The summed E-state index contributed by atoms with van der Waals surface area (Å²) in [7, 11) is 0. The smallest absolute Gasteiger partial charge is 0.387 e. The molecule has 0 saturated heterocycles. The Hall–Kier alpha value is -2.63. The summed E-state index contributed by atoms with van der Waals surface area (Å²) in [4.78, 5) is 12.1. The van der Waals surface area contributed by atoms with E-state index in [1.54, 1.807) is 6.07 Å². The Morgan fingerprint density at radius 2 is 1.92 bits per heavy atom. The molecule has 6 heteroatoms. The van der Waals surface area contributed by atoms with Gasteiger partial charge in [0.05, 0.1) is 0 Å². The Kier molecular flexibility index (Phi) is 6.54. The Morgan fingerprint density at radius 1 is 1.12 bits per heavy atom. The van der Waals surface area contributed by atoms with E-state index in [1.165, 1.54) is 18.2 Å². The number of hydrogen-bond acceptors (Lipinski definition) is 2. The molecule has 0 radical (unpaired) electrons. The number of unbranched alkanes of at least 4 members (excludes halogenated alkanes) is 1. The van der Waals surface area contributed by atoms with Gasteiger partial charge in [0.1, 0.15) is 5.75 Å². The van der Waals surface area contributed by atoms with Crippen LogP contribution in [0.2, 0.25) is 0 Å². The number of carbonyl (C=O) groups excluding carboxylic acids is 1. The van der Waals surface area contributed by atoms with Gasteiger partial charge in [0.2, 0.25) is 0 Å². The molecule has 2 aromatic rings. The van der Waals surface area contributed by atoms with Crippen molar-refractivity contribution in [2.45, 2.75) is 32.8 Å². The quantitative estimate of drug-likeness (QED) is 0.724. The van der Waals surface area contributed by atoms with Crippen molar-refractivity contribution in [3.8, 4) is 5.75 Å². The first-order chi connectivity index (χ1) is 11.6. The molecule has 0 heterocycles. The number of nitrogens with one attached hydrogen (secondary N) is 2. The molecule has 2 aromatic carbocycles. The summed E-state index contributed by atoms with van der Waals surface area (Å²) in [5, 5.41) is 5.40. The Bertz CT molecular complexity index is 678. The van der Waals surface area contributed by atoms with Crippen molar-refractivity contribution in [3.05, 3.63) is 54.1 Å². The summed E-state index contributed by atoms with van der Waals surface area (Å²) in [6.45, 7) is -0.795. The highest BCUT2D eigenvalue weighted by atomic mass is 19.3. The van der Waals surface area contributed by atoms with Gasteiger partial charge in [-0.2, -0.15) is 8.78 Å². The molecule has 4 nitrogen and oxygen atoms in total. The zero-order chi connectivity index (χ0) is 17.4. The van der Waals surface area contributed by atoms with Crippen LogP contribution in [0.5, 0.6) is 5.75 Å². The zero-order valence-electron chi connectivity index (χ0n) is 13.4. The highest BCUT2D eigenvalue weighted by Crippen LogP contribution is 2.21. The van der Waals surface area contributed by atoms with E-state index in [-0.39, 0.29) is 5.75 Å². The number of aryl methyl sites for hydroxylation is 1. The maximum absolute atomic E-state index is 12.2. The maximum atomic E-state index is 12.2. The molecule has 0 spiro atoms. The molecule has 0 atom stereocenters. The van der Waals surface area contributed by atoms with Gasteiger partial charge in [-0.25, -0.2) is 4.79 Å². The number of rotatable bonds is 7. The van der Waals surface area contributed by atoms with E-state index in [9.17, 15) is 13.6 Å². The Labute approximate surface area is 139 Å². The number of halogens is 2. The van der Waals surface area contributed by atoms with Crippen LogP contribution in [-0.4, -0.2) is 12.6 Å². The van der Waals surface area contributed by atoms with Crippen molar-refractivity contribution in [3.63, 3.8) is 0 Å². The van der Waals surface area contributed by atoms with Crippen LogP contribution < -0.4 is 15.4 Å². The van der Waals surface area contributed by atoms with Gasteiger partial charge >= 0.3 is 12.6 Å². The second-order valence-electron chi connectivity index (χ2n) is 5.25. The van der Waals surface area contributed by atoms with E-state index in [0.717, 1.165) is 30.5 Å². The third-order valence-corrected chi connectivity index (χ3v) is 3.38. The molecule has 0 aliphatic heterocycles. The van der Waals surface area contributed by atoms with Gasteiger partial charge in [0, 0.05) is 17.4 Å². The van der Waals surface area contributed by atoms with Crippen LogP contribution in [0.3, 0.4) is 0 Å². The summed E-state index contributed by atoms with van der Waals surface area (Å²) in [6, 6.07) is 13.0. The molecule has 2 rings (SSSR count). The van der Waals surface area contributed by atoms with Gasteiger partial charge in [0.25, 0.3) is 0 Å². The lowest BCUT2D eigenvalue weighted by atomic mass is 10.1. The van der Waals surface area contributed by atoms with Gasteiger partial charge in [-0.3, -0.25) is 0 Å². The molecule has 2 N–H and O–H groups in total. The zero-order valence-corrected chi connectivity index (χ0v) is 13.4. The summed E-state index contributed by atoms with van der Waals surface area (Å²) >= 11 is 0. The molecule has 0 fully saturated rings. The fraction of sp³-hybridized carbons (Fsp3) is 0.278. The Balaban J connectivity index is 2.01. The van der Waals surface area contributed by atoms with E-state index in [0.29, 0.717) is 5.69 Å². The number of amides is 2. The molecule has 0 unspecified atom stereocenters. The van der Waals surface area contributed by atoms with Crippen molar-refractivity contribution < 1.29 is 18.3 Å². The molecule has 0 aromatic heterocycles. The predicted molar refractivity (Wildman–Crippen MR) is 90.8 cm³/mol. The first-order valence-electron chi connectivity index (χ1n) is 7.79. The number of urea groups is 1. The molecule has 0 aliphatic carbocycles. The third kappa shape index (κ3) is 5.53. The summed E-state index contributed by atoms with van der Waals surface area (Å²) < 4.78 is 28.8. The monoisotopic (exact) mass is 334 g/mol. The van der Waals surface area contributed by atoms with Crippen molar-refractivity contribution in [2.75, 3.05) is 10.6 Å². The van der Waals surface area contributed by atoms with Crippen molar-refractivity contribution in [1.29, 1.82) is 0 Å². The average Bonchev–Trinajstić information content (AvgIpc) is 2.53. The predicted octanol–water partition coefficient (Wildman–Crippen LogP) is 5.27. The maximum Gasteiger partial charge on any atom is 0.387 e. The van der Waals surface area contributed by atoms with Crippen molar-refractivity contribution in [1.82, 2.24) is 0 Å². The van der Waals surface area contributed by atoms with Crippen LogP contribution in [0.4, 0.5) is 25.0 Å². The molecule has 0 aliphatic rings. The van der Waals surface area contributed by atoms with Gasteiger partial charge in [-0.15, -0.1) is 0 Å². The standard InChI is InChI=1S/C18H20F2N2O2/c1-2-3-7-13-8-4-5-11-16(13)22-18(23)21-14-9-6-10-15(12-14)24-17(19)20/h4-6,8-12,17H,2-3,7H2,1H3,(H2,21,22,23). The van der Waals surface area contributed by atoms with Crippen LogP contribution in [0.25, 0.3) is 0 Å². The lowest BCUT2D eigenvalue weighted by Crippen LogP contribution is -2.20. The highest BCUT2D eigenvalue weighted by Gasteiger charge is 2.08. The largest absolute Gasteiger partial charge is 0.435 e. The van der Waals surface area contributed by atoms with Gasteiger partial charge in [-0.1, -0.05) is 37.6 Å². The normalized spacial score (nSPS) is 10.5. The van der Waals surface area contributed by atoms with Gasteiger partial charge < -0.3 is 15.4 Å². The minimum absolute atomic E-state index is 0.00820. The lowest BCUT2D eigenvalue weighted by Gasteiger charge is -2.12. The number of ether oxygens (including phenoxy) is 1. The summed E-state index contributed by atoms with van der Waals surface area (Å²) in [5.74, 6) is -0.00820. The second-order valence-corrected chi connectivity index (χ2v) is 5.25. The van der Waals surface area contributed by atoms with Crippen LogP contribution >= 0.6 is 0 Å². The SMILES string of the molecule is CCCCc1ccccc1NC(=O)Nc1cccc(OC(F)F)c1. The first-order valence-corrected chi connectivity index (χ1v) is 7.79. The van der Waals surface area contributed by atoms with E-state index in [2.05, 4.69) is 22.3 Å². The number of hydrogen-bond donors (Lipinski definition) is 2. The molecular weight excluding hydrogens is 314 g/mol. The van der Waals surface area contributed by atoms with Crippen molar-refractivity contribution >= 4 is 17.4 Å². The van der Waals surface area contributed by atoms with Crippen LogP contribution in [0, 0.1) is 0 Å². The summed E-state index contributed by atoms with van der Waals surface area (Å²) in [5.41, 5.74) is 2.17. The van der Waals surface area contributed by atoms with E-state index < -0.39 is 12.6 Å². The topological polar surface area (TPSA) is 50.4 Å². The number of alkyl halides is 2.